The van der Waals surface area contributed by atoms with Crippen molar-refractivity contribution in [3.05, 3.63) is 0 Å². The Hall–Kier alpha value is -1.38. The van der Waals surface area contributed by atoms with E-state index in [4.69, 9.17) is 9.47 Å². The Labute approximate surface area is 298 Å². The minimum absolute atomic E-state index is 0.0335. The summed E-state index contributed by atoms with van der Waals surface area (Å²) >= 11 is 0. The number of fused-ring (bicyclic) bond motifs is 5. The van der Waals surface area contributed by atoms with Gasteiger partial charge in [-0.1, -0.05) is 48.5 Å². The maximum atomic E-state index is 14.3. The van der Waals surface area contributed by atoms with Crippen LogP contribution in [0.1, 0.15) is 161 Å². The first-order valence-corrected chi connectivity index (χ1v) is 19.5. The second kappa shape index (κ2) is 13.5. The number of rotatable bonds is 10. The number of aliphatic hydroxyl groups is 3. The number of nitrogens with one attached hydrogen (secondary N) is 1. The molecule has 0 aromatic rings. The van der Waals surface area contributed by atoms with Crippen molar-refractivity contribution in [1.29, 1.82) is 0 Å². The molecule has 4 rings (SSSR count). The van der Waals surface area contributed by atoms with Crippen molar-refractivity contribution in [2.75, 3.05) is 0 Å². The molecule has 4 aliphatic rings. The van der Waals surface area contributed by atoms with Crippen LogP contribution in [-0.2, 0) is 14.3 Å². The van der Waals surface area contributed by atoms with Crippen LogP contribution in [-0.4, -0.2) is 62.4 Å². The predicted molar refractivity (Wildman–Crippen MR) is 194 cm³/mol. The van der Waals surface area contributed by atoms with Gasteiger partial charge in [-0.2, -0.15) is 0 Å². The average molecular weight is 692 g/mol. The molecule has 8 nitrogen and oxygen atoms in total. The molecule has 0 radical (unpaired) electrons. The van der Waals surface area contributed by atoms with E-state index in [1.165, 1.54) is 0 Å². The van der Waals surface area contributed by atoms with E-state index < -0.39 is 41.0 Å². The average Bonchev–Trinajstić information content (AvgIpc) is 3.30. The van der Waals surface area contributed by atoms with Crippen LogP contribution in [0.5, 0.6) is 0 Å². The summed E-state index contributed by atoms with van der Waals surface area (Å²) in [6.45, 7) is 26.9. The van der Waals surface area contributed by atoms with Crippen LogP contribution >= 0.6 is 0 Å². The highest BCUT2D eigenvalue weighted by Crippen LogP contribution is 2.76. The minimum atomic E-state index is -0.994. The SMILES string of the molecule is CC(C)C[C@H](NC(=O)OC(C)(C)C)C(=O)O[C@@H]1C[C@@H]2[C@@]3(C)CC[C@H](O)C(C)(C)[C@@H]3CC[C@@]2(C)[C@]2(C)CC[C@H]([C@](C)(O)CCCC(C)(C)O)[C@@H]12. The molecule has 4 saturated carbocycles. The van der Waals surface area contributed by atoms with E-state index in [0.717, 1.165) is 38.5 Å². The third-order valence-electron chi connectivity index (χ3n) is 14.6. The molecule has 0 heterocycles. The standard InChI is InChI=1S/C41H73NO7/c1-25(2)23-27(42-34(45)49-35(3,4)5)33(44)48-28-24-30-38(10)20-17-31(43)37(8,9)29(38)16-22-39(30,11)40(12)21-15-26(32(28)40)41(13,47)19-14-18-36(6,7)46/h25-32,43,46-47H,14-24H2,1-13H3,(H,42,45)/t26-,27-,28+,29-,30+,31-,32-,38-,39+,40+,41+/m0/s1. The molecule has 0 spiro atoms. The monoisotopic (exact) mass is 692 g/mol. The summed E-state index contributed by atoms with van der Waals surface area (Å²) in [4.78, 5) is 27.3. The second-order valence-corrected chi connectivity index (χ2v) is 20.6. The van der Waals surface area contributed by atoms with Crippen molar-refractivity contribution >= 4 is 12.1 Å². The molecule has 0 aromatic heterocycles. The lowest BCUT2D eigenvalue weighted by molar-refractivity contribution is -0.251. The summed E-state index contributed by atoms with van der Waals surface area (Å²) in [5, 5.41) is 36.7. The van der Waals surface area contributed by atoms with Crippen molar-refractivity contribution in [3.8, 4) is 0 Å². The summed E-state index contributed by atoms with van der Waals surface area (Å²) in [5.41, 5.74) is -2.96. The van der Waals surface area contributed by atoms with Crippen LogP contribution in [0.15, 0.2) is 0 Å². The molecule has 11 atom stereocenters. The van der Waals surface area contributed by atoms with Crippen LogP contribution < -0.4 is 5.32 Å². The molecular formula is C41H73NO7. The third-order valence-corrected chi connectivity index (χ3v) is 14.6. The van der Waals surface area contributed by atoms with Gasteiger partial charge in [0, 0.05) is 5.92 Å². The van der Waals surface area contributed by atoms with E-state index in [1.54, 1.807) is 20.8 Å². The highest BCUT2D eigenvalue weighted by Gasteiger charge is 2.72. The molecule has 4 fully saturated rings. The lowest BCUT2D eigenvalue weighted by Crippen LogP contribution is -2.67. The van der Waals surface area contributed by atoms with Gasteiger partial charge >= 0.3 is 12.1 Å². The lowest BCUT2D eigenvalue weighted by atomic mass is 9.35. The van der Waals surface area contributed by atoms with Gasteiger partial charge in [0.05, 0.1) is 17.3 Å². The van der Waals surface area contributed by atoms with Crippen molar-refractivity contribution in [3.63, 3.8) is 0 Å². The smallest absolute Gasteiger partial charge is 0.408 e. The molecule has 49 heavy (non-hydrogen) atoms. The highest BCUT2D eigenvalue weighted by atomic mass is 16.6. The molecule has 0 bridgehead atoms. The zero-order valence-electron chi connectivity index (χ0n) is 33.4. The van der Waals surface area contributed by atoms with E-state index in [9.17, 15) is 24.9 Å². The van der Waals surface area contributed by atoms with E-state index >= 15 is 0 Å². The zero-order valence-corrected chi connectivity index (χ0v) is 33.4. The van der Waals surface area contributed by atoms with Crippen LogP contribution in [0.4, 0.5) is 4.79 Å². The van der Waals surface area contributed by atoms with Gasteiger partial charge < -0.3 is 30.1 Å². The molecule has 4 aliphatic carbocycles. The molecular weight excluding hydrogens is 618 g/mol. The van der Waals surface area contributed by atoms with Crippen LogP contribution in [0, 0.1) is 51.2 Å². The number of hydrogen-bond acceptors (Lipinski definition) is 7. The number of carbonyl (C=O) groups is 2. The van der Waals surface area contributed by atoms with Gasteiger partial charge in [-0.05, 0) is 158 Å². The van der Waals surface area contributed by atoms with Crippen molar-refractivity contribution in [1.82, 2.24) is 5.32 Å². The van der Waals surface area contributed by atoms with Gasteiger partial charge in [0.15, 0.2) is 0 Å². The summed E-state index contributed by atoms with van der Waals surface area (Å²) < 4.78 is 12.3. The summed E-state index contributed by atoms with van der Waals surface area (Å²) in [6, 6.07) is -0.847. The van der Waals surface area contributed by atoms with Crippen LogP contribution in [0.25, 0.3) is 0 Å². The van der Waals surface area contributed by atoms with Crippen LogP contribution in [0.3, 0.4) is 0 Å². The lowest BCUT2D eigenvalue weighted by Gasteiger charge is -2.70. The molecule has 0 aliphatic heterocycles. The molecule has 4 N–H and O–H groups in total. The van der Waals surface area contributed by atoms with Crippen molar-refractivity contribution < 1.29 is 34.4 Å². The normalized spacial score (nSPS) is 39.2. The fourth-order valence-corrected chi connectivity index (χ4v) is 12.0. The number of aliphatic hydroxyl groups excluding tert-OH is 1. The molecule has 284 valence electrons. The number of ether oxygens (including phenoxy) is 2. The van der Waals surface area contributed by atoms with Crippen molar-refractivity contribution in [2.24, 2.45) is 51.2 Å². The molecule has 0 unspecified atom stereocenters. The van der Waals surface area contributed by atoms with E-state index in [-0.39, 0.29) is 51.4 Å². The van der Waals surface area contributed by atoms with Gasteiger partial charge in [0.1, 0.15) is 17.7 Å². The number of amides is 1. The Kier molecular flexibility index (Phi) is 11.2. The molecule has 0 saturated heterocycles. The van der Waals surface area contributed by atoms with Crippen LogP contribution in [0.2, 0.25) is 0 Å². The van der Waals surface area contributed by atoms with Crippen molar-refractivity contribution in [2.45, 2.75) is 196 Å². The molecule has 0 aromatic carbocycles. The first-order valence-electron chi connectivity index (χ1n) is 19.5. The first-order chi connectivity index (χ1) is 22.2. The van der Waals surface area contributed by atoms with E-state index in [0.29, 0.717) is 38.0 Å². The predicted octanol–water partition coefficient (Wildman–Crippen LogP) is 8.19. The highest BCUT2D eigenvalue weighted by molar-refractivity contribution is 5.81. The van der Waals surface area contributed by atoms with E-state index in [2.05, 4.69) is 39.9 Å². The third kappa shape index (κ3) is 7.87. The summed E-state index contributed by atoms with van der Waals surface area (Å²) in [5.74, 6) is 0.191. The first kappa shape index (κ1) is 40.4. The second-order valence-electron chi connectivity index (χ2n) is 20.6. The number of carbonyl (C=O) groups excluding carboxylic acids is 2. The van der Waals surface area contributed by atoms with Gasteiger partial charge in [-0.25, -0.2) is 9.59 Å². The Bertz CT molecular complexity index is 1200. The Morgan fingerprint density at radius 3 is 2.04 bits per heavy atom. The summed E-state index contributed by atoms with van der Waals surface area (Å²) in [7, 11) is 0. The van der Waals surface area contributed by atoms with E-state index in [1.807, 2.05) is 34.6 Å². The maximum absolute atomic E-state index is 14.3. The van der Waals surface area contributed by atoms with Gasteiger partial charge in [-0.3, -0.25) is 0 Å². The molecule has 8 heteroatoms. The summed E-state index contributed by atoms with van der Waals surface area (Å²) in [6.07, 6.45) is 7.23. The largest absolute Gasteiger partial charge is 0.461 e. The zero-order chi connectivity index (χ0) is 37.2. The minimum Gasteiger partial charge on any atom is -0.461 e. The fraction of sp³-hybridized carbons (Fsp3) is 0.951. The Balaban J connectivity index is 1.74. The number of esters is 1. The topological polar surface area (TPSA) is 125 Å². The number of alkyl carbamates (subject to hydrolysis) is 1. The maximum Gasteiger partial charge on any atom is 0.408 e. The quantitative estimate of drug-likeness (QED) is 0.170. The van der Waals surface area contributed by atoms with Gasteiger partial charge in [-0.15, -0.1) is 0 Å². The Morgan fingerprint density at radius 2 is 1.47 bits per heavy atom. The number of hydrogen-bond donors (Lipinski definition) is 4. The fourth-order valence-electron chi connectivity index (χ4n) is 12.0. The van der Waals surface area contributed by atoms with Gasteiger partial charge in [0.25, 0.3) is 0 Å². The Morgan fingerprint density at radius 1 is 0.857 bits per heavy atom. The van der Waals surface area contributed by atoms with Gasteiger partial charge in [0.2, 0.25) is 0 Å². The molecule has 1 amide bonds.